The van der Waals surface area contributed by atoms with Crippen LogP contribution in [0.2, 0.25) is 0 Å². The molecular formula is C19H30N2O5S2. The van der Waals surface area contributed by atoms with Gasteiger partial charge >= 0.3 is 5.97 Å². The smallest absolute Gasteiger partial charge is 0.329 e. The maximum Gasteiger partial charge on any atom is 0.329 e. The topological polar surface area (TPSA) is 92.8 Å². The van der Waals surface area contributed by atoms with Crippen LogP contribution in [0, 0.1) is 11.8 Å². The fraction of sp³-hybridized carbons (Fsp3) is 0.789. The van der Waals surface area contributed by atoms with Gasteiger partial charge in [0.1, 0.15) is 12.1 Å². The van der Waals surface area contributed by atoms with Gasteiger partial charge in [-0.15, -0.1) is 11.8 Å². The lowest BCUT2D eigenvalue weighted by Crippen LogP contribution is -2.55. The maximum atomic E-state index is 13.2. The van der Waals surface area contributed by atoms with Crippen molar-refractivity contribution in [3.05, 3.63) is 0 Å². The van der Waals surface area contributed by atoms with E-state index in [0.717, 1.165) is 24.6 Å². The Kier molecular flexibility index (Phi) is 8.24. The van der Waals surface area contributed by atoms with Crippen molar-refractivity contribution in [3.63, 3.8) is 0 Å². The predicted octanol–water partition coefficient (Wildman–Crippen LogP) is 2.04. The minimum absolute atomic E-state index is 0.00612. The molecule has 158 valence electrons. The highest BCUT2D eigenvalue weighted by molar-refractivity contribution is 8.14. The van der Waals surface area contributed by atoms with Crippen LogP contribution in [0.15, 0.2) is 0 Å². The van der Waals surface area contributed by atoms with E-state index in [2.05, 4.69) is 12.2 Å². The molecule has 2 fully saturated rings. The van der Waals surface area contributed by atoms with Crippen molar-refractivity contribution in [1.29, 1.82) is 0 Å². The third-order valence-electron chi connectivity index (χ3n) is 5.49. The van der Waals surface area contributed by atoms with Gasteiger partial charge < -0.3 is 15.0 Å². The summed E-state index contributed by atoms with van der Waals surface area (Å²) in [6.45, 7) is 7.41. The maximum absolute atomic E-state index is 13.2. The monoisotopic (exact) mass is 430 g/mol. The van der Waals surface area contributed by atoms with Crippen molar-refractivity contribution >= 4 is 46.4 Å². The van der Waals surface area contributed by atoms with Crippen molar-refractivity contribution in [2.75, 3.05) is 12.9 Å². The van der Waals surface area contributed by atoms with Crippen molar-refractivity contribution in [1.82, 2.24) is 10.2 Å². The Hall–Kier alpha value is -1.22. The first-order valence-electron chi connectivity index (χ1n) is 9.70. The fourth-order valence-corrected chi connectivity index (χ4v) is 6.16. The first kappa shape index (κ1) is 23.1. The Bertz CT molecular complexity index is 629. The number of carbonyl (C=O) groups excluding carboxylic acids is 4. The van der Waals surface area contributed by atoms with Gasteiger partial charge in [0.2, 0.25) is 11.8 Å². The molecule has 0 unspecified atom stereocenters. The van der Waals surface area contributed by atoms with Crippen LogP contribution in [0.5, 0.6) is 0 Å². The van der Waals surface area contributed by atoms with Crippen LogP contribution in [0.3, 0.4) is 0 Å². The molecule has 1 N–H and O–H groups in total. The van der Waals surface area contributed by atoms with E-state index in [9.17, 15) is 19.2 Å². The van der Waals surface area contributed by atoms with Crippen molar-refractivity contribution in [2.24, 2.45) is 11.8 Å². The van der Waals surface area contributed by atoms with Crippen molar-refractivity contribution in [3.8, 4) is 0 Å². The predicted molar refractivity (Wildman–Crippen MR) is 111 cm³/mol. The molecule has 0 aromatic rings. The quantitative estimate of drug-likeness (QED) is 0.645. The molecule has 2 amide bonds. The Labute approximate surface area is 175 Å². The lowest BCUT2D eigenvalue weighted by molar-refractivity contribution is -0.152. The SMILES string of the molecule is CC[C@H](C)[C@H](SC(C)=O)C(=O)N[C@H]1CC[C@H](C)[C@H]2SC[C@@H](C(=O)OC)N2C1=O. The summed E-state index contributed by atoms with van der Waals surface area (Å²) >= 11 is 2.60. The van der Waals surface area contributed by atoms with Gasteiger partial charge in [-0.3, -0.25) is 14.4 Å². The average molecular weight is 431 g/mol. The number of nitrogens with zero attached hydrogens (tertiary/aromatic N) is 1. The third-order valence-corrected chi connectivity index (χ3v) is 8.29. The highest BCUT2D eigenvalue weighted by Gasteiger charge is 2.48. The molecule has 9 heteroatoms. The van der Waals surface area contributed by atoms with Crippen LogP contribution >= 0.6 is 23.5 Å². The molecule has 7 nitrogen and oxygen atoms in total. The summed E-state index contributed by atoms with van der Waals surface area (Å²) in [7, 11) is 1.32. The molecule has 2 aliphatic heterocycles. The van der Waals surface area contributed by atoms with Gasteiger partial charge in [0.15, 0.2) is 5.12 Å². The van der Waals surface area contributed by atoms with Gasteiger partial charge in [-0.1, -0.05) is 39.0 Å². The summed E-state index contributed by atoms with van der Waals surface area (Å²) in [4.78, 5) is 51.5. The van der Waals surface area contributed by atoms with E-state index >= 15 is 0 Å². The van der Waals surface area contributed by atoms with E-state index in [-0.39, 0.29) is 34.1 Å². The summed E-state index contributed by atoms with van der Waals surface area (Å²) in [5.41, 5.74) is 0. The second kappa shape index (κ2) is 10.0. The van der Waals surface area contributed by atoms with Gasteiger partial charge in [-0.25, -0.2) is 4.79 Å². The van der Waals surface area contributed by atoms with E-state index in [0.29, 0.717) is 12.2 Å². The molecule has 0 aromatic heterocycles. The van der Waals surface area contributed by atoms with Gasteiger partial charge in [0, 0.05) is 12.7 Å². The first-order chi connectivity index (χ1) is 13.2. The summed E-state index contributed by atoms with van der Waals surface area (Å²) in [6.07, 6.45) is 2.04. The van der Waals surface area contributed by atoms with Crippen molar-refractivity contribution < 1.29 is 23.9 Å². The number of nitrogens with one attached hydrogen (secondary N) is 1. The zero-order valence-corrected chi connectivity index (χ0v) is 18.7. The second-order valence-corrected chi connectivity index (χ2v) is 10.0. The number of hydrogen-bond donors (Lipinski definition) is 1. The molecule has 6 atom stereocenters. The molecule has 2 aliphatic rings. The number of esters is 1. The third kappa shape index (κ3) is 5.03. The number of hydrogen-bond acceptors (Lipinski definition) is 7. The Morgan fingerprint density at radius 2 is 2.04 bits per heavy atom. The lowest BCUT2D eigenvalue weighted by Gasteiger charge is -2.31. The van der Waals surface area contributed by atoms with Gasteiger partial charge in [-0.2, -0.15) is 0 Å². The zero-order valence-electron chi connectivity index (χ0n) is 17.1. The number of ether oxygens (including phenoxy) is 1. The molecular weight excluding hydrogens is 400 g/mol. The normalized spacial score (nSPS) is 29.5. The van der Waals surface area contributed by atoms with Crippen LogP contribution in [0.25, 0.3) is 0 Å². The van der Waals surface area contributed by atoms with Gasteiger partial charge in [0.25, 0.3) is 0 Å². The number of amides is 2. The molecule has 28 heavy (non-hydrogen) atoms. The number of methoxy groups -OCH3 is 1. The fourth-order valence-electron chi connectivity index (χ4n) is 3.65. The zero-order chi connectivity index (χ0) is 21.0. The van der Waals surface area contributed by atoms with E-state index in [4.69, 9.17) is 4.74 Å². The van der Waals surface area contributed by atoms with Crippen molar-refractivity contribution in [2.45, 2.75) is 69.7 Å². The Balaban J connectivity index is 2.20. The largest absolute Gasteiger partial charge is 0.467 e. The number of thioether (sulfide) groups is 2. The van der Waals surface area contributed by atoms with Crippen LogP contribution in [0.1, 0.15) is 47.0 Å². The summed E-state index contributed by atoms with van der Waals surface area (Å²) in [5.74, 6) is -0.232. The highest BCUT2D eigenvalue weighted by atomic mass is 32.2. The average Bonchev–Trinajstić information content (AvgIpc) is 3.07. The second-order valence-electron chi connectivity index (χ2n) is 7.54. The van der Waals surface area contributed by atoms with E-state index in [1.165, 1.54) is 14.0 Å². The summed E-state index contributed by atoms with van der Waals surface area (Å²) in [6, 6.07) is -1.31. The standard InChI is InChI=1S/C19H30N2O5S2/c1-6-10(2)15(28-12(4)22)16(23)20-13-8-7-11(3)18-21(17(13)24)14(9-27-18)19(25)26-5/h10-11,13-15,18H,6-9H2,1-5H3,(H,20,23)/t10-,11-,13-,14-,15-,18+/m0/s1. The molecule has 0 spiro atoms. The Morgan fingerprint density at radius 3 is 2.61 bits per heavy atom. The minimum Gasteiger partial charge on any atom is -0.467 e. The summed E-state index contributed by atoms with van der Waals surface area (Å²) in [5, 5.41) is 2.13. The van der Waals surface area contributed by atoms with E-state index in [1.807, 2.05) is 13.8 Å². The van der Waals surface area contributed by atoms with Crippen LogP contribution in [0.4, 0.5) is 0 Å². The molecule has 2 heterocycles. The molecule has 0 aromatic carbocycles. The first-order valence-corrected chi connectivity index (χ1v) is 11.6. The van der Waals surface area contributed by atoms with E-state index in [1.54, 1.807) is 16.7 Å². The van der Waals surface area contributed by atoms with Crippen LogP contribution in [-0.4, -0.2) is 63.4 Å². The summed E-state index contributed by atoms with van der Waals surface area (Å²) < 4.78 is 4.88. The number of fused-ring (bicyclic) bond motifs is 1. The minimum atomic E-state index is -0.690. The number of carbonyl (C=O) groups is 4. The van der Waals surface area contributed by atoms with Gasteiger partial charge in [-0.05, 0) is 24.7 Å². The molecule has 0 radical (unpaired) electrons. The lowest BCUT2D eigenvalue weighted by atomic mass is 10.0. The molecule has 2 saturated heterocycles. The van der Waals surface area contributed by atoms with Crippen LogP contribution in [-0.2, 0) is 23.9 Å². The number of rotatable bonds is 6. The molecule has 0 bridgehead atoms. The molecule has 0 aliphatic carbocycles. The van der Waals surface area contributed by atoms with E-state index < -0.39 is 23.3 Å². The molecule has 2 rings (SSSR count). The van der Waals surface area contributed by atoms with Crippen LogP contribution < -0.4 is 5.32 Å². The highest BCUT2D eigenvalue weighted by Crippen LogP contribution is 2.39. The van der Waals surface area contributed by atoms with Gasteiger partial charge in [0.05, 0.1) is 17.7 Å². The Morgan fingerprint density at radius 1 is 1.36 bits per heavy atom. The molecule has 0 saturated carbocycles.